The Morgan fingerprint density at radius 2 is 2.28 bits per heavy atom. The van der Waals surface area contributed by atoms with Crippen molar-refractivity contribution in [3.8, 4) is 0 Å². The molecule has 1 atom stereocenters. The molecule has 1 aliphatic rings. The van der Waals surface area contributed by atoms with Crippen molar-refractivity contribution in [2.75, 3.05) is 0 Å². The lowest BCUT2D eigenvalue weighted by Gasteiger charge is -2.06. The Balaban J connectivity index is 1.79. The molecule has 3 nitrogen and oxygen atoms in total. The Kier molecular flexibility index (Phi) is 2.99. The van der Waals surface area contributed by atoms with Crippen LogP contribution in [0, 0.1) is 5.82 Å². The van der Waals surface area contributed by atoms with E-state index in [1.54, 1.807) is 24.7 Å². The summed E-state index contributed by atoms with van der Waals surface area (Å²) >= 11 is 0. The molecule has 94 valence electrons. The zero-order valence-electron chi connectivity index (χ0n) is 9.75. The molecule has 3 rings (SSSR count). The van der Waals surface area contributed by atoms with Gasteiger partial charge in [0.2, 0.25) is 0 Å². The van der Waals surface area contributed by atoms with Crippen molar-refractivity contribution in [1.29, 1.82) is 0 Å². The van der Waals surface area contributed by atoms with Crippen LogP contribution in [0.4, 0.5) is 4.39 Å². The minimum Gasteiger partial charge on any atom is -0.331 e. The van der Waals surface area contributed by atoms with Gasteiger partial charge in [0.1, 0.15) is 5.82 Å². The third kappa shape index (κ3) is 2.36. The van der Waals surface area contributed by atoms with Crippen molar-refractivity contribution in [3.63, 3.8) is 0 Å². The highest BCUT2D eigenvalue weighted by Crippen LogP contribution is 2.36. The number of benzene rings is 1. The molecular formula is C13H13FN2OS. The van der Waals surface area contributed by atoms with Gasteiger partial charge in [-0.05, 0) is 31.0 Å². The number of nitrogens with zero attached hydrogens (tertiary/aromatic N) is 2. The maximum atomic E-state index is 13.1. The van der Waals surface area contributed by atoms with E-state index in [2.05, 4.69) is 9.55 Å². The van der Waals surface area contributed by atoms with Crippen LogP contribution in [0.1, 0.15) is 24.6 Å². The zero-order chi connectivity index (χ0) is 12.5. The van der Waals surface area contributed by atoms with Crippen LogP contribution in [0.5, 0.6) is 0 Å². The van der Waals surface area contributed by atoms with Gasteiger partial charge in [-0.1, -0.05) is 6.07 Å². The smallest absolute Gasteiger partial charge is 0.124 e. The van der Waals surface area contributed by atoms with Crippen molar-refractivity contribution in [3.05, 3.63) is 48.3 Å². The van der Waals surface area contributed by atoms with Crippen molar-refractivity contribution >= 4 is 10.8 Å². The molecule has 0 bridgehead atoms. The molecule has 1 aromatic carbocycles. The van der Waals surface area contributed by atoms with Crippen molar-refractivity contribution in [2.45, 2.75) is 29.5 Å². The standard InChI is InChI=1S/C13H13FN2OS/c14-10-2-1-3-13(6-10)18(17)8-12-7-15-9-16(12)11-4-5-11/h1-3,6-7,9,11H,4-5,8H2. The normalized spacial score (nSPS) is 16.7. The fourth-order valence-electron chi connectivity index (χ4n) is 1.95. The Morgan fingerprint density at radius 3 is 3.00 bits per heavy atom. The molecule has 1 saturated carbocycles. The summed E-state index contributed by atoms with van der Waals surface area (Å²) in [5, 5.41) is 0. The molecule has 0 amide bonds. The number of aromatic nitrogens is 2. The lowest BCUT2D eigenvalue weighted by atomic mass is 10.4. The summed E-state index contributed by atoms with van der Waals surface area (Å²) in [7, 11) is -1.22. The molecule has 0 N–H and O–H groups in total. The highest BCUT2D eigenvalue weighted by Gasteiger charge is 2.25. The molecule has 1 aliphatic carbocycles. The summed E-state index contributed by atoms with van der Waals surface area (Å²) in [6.07, 6.45) is 5.86. The van der Waals surface area contributed by atoms with E-state index < -0.39 is 10.8 Å². The second-order valence-electron chi connectivity index (χ2n) is 4.47. The highest BCUT2D eigenvalue weighted by atomic mass is 32.2. The third-order valence-electron chi connectivity index (χ3n) is 3.02. The zero-order valence-corrected chi connectivity index (χ0v) is 10.6. The van der Waals surface area contributed by atoms with E-state index in [0.29, 0.717) is 16.7 Å². The highest BCUT2D eigenvalue weighted by molar-refractivity contribution is 7.84. The van der Waals surface area contributed by atoms with E-state index >= 15 is 0 Å². The minimum absolute atomic E-state index is 0.350. The molecule has 0 spiro atoms. The molecule has 1 fully saturated rings. The minimum atomic E-state index is -1.22. The Bertz CT molecular complexity index is 592. The van der Waals surface area contributed by atoms with Crippen LogP contribution < -0.4 is 0 Å². The predicted octanol–water partition coefficient (Wildman–Crippen LogP) is 2.66. The number of hydrogen-bond donors (Lipinski definition) is 0. The van der Waals surface area contributed by atoms with E-state index in [1.807, 2.05) is 0 Å². The number of rotatable bonds is 4. The van der Waals surface area contributed by atoms with Gasteiger partial charge in [-0.25, -0.2) is 9.37 Å². The number of hydrogen-bond acceptors (Lipinski definition) is 2. The van der Waals surface area contributed by atoms with Crippen LogP contribution in [-0.4, -0.2) is 13.8 Å². The quantitative estimate of drug-likeness (QED) is 0.851. The average Bonchev–Trinajstić information content (AvgIpc) is 3.10. The molecule has 2 aromatic rings. The van der Waals surface area contributed by atoms with Crippen molar-refractivity contribution < 1.29 is 8.60 Å². The van der Waals surface area contributed by atoms with Crippen molar-refractivity contribution in [1.82, 2.24) is 9.55 Å². The van der Waals surface area contributed by atoms with Crippen molar-refractivity contribution in [2.24, 2.45) is 0 Å². The monoisotopic (exact) mass is 264 g/mol. The fourth-order valence-corrected chi connectivity index (χ4v) is 3.08. The van der Waals surface area contributed by atoms with Gasteiger partial charge in [-0.15, -0.1) is 0 Å². The van der Waals surface area contributed by atoms with E-state index in [9.17, 15) is 8.60 Å². The lowest BCUT2D eigenvalue weighted by molar-refractivity contribution is 0.622. The third-order valence-corrected chi connectivity index (χ3v) is 4.36. The Hall–Kier alpha value is -1.49. The molecule has 1 heterocycles. The first-order valence-electron chi connectivity index (χ1n) is 5.88. The van der Waals surface area contributed by atoms with Crippen LogP contribution in [0.15, 0.2) is 41.7 Å². The van der Waals surface area contributed by atoms with Gasteiger partial charge < -0.3 is 4.57 Å². The summed E-state index contributed by atoms with van der Waals surface area (Å²) in [5.41, 5.74) is 0.958. The first kappa shape index (κ1) is 11.6. The summed E-state index contributed by atoms with van der Waals surface area (Å²) in [6, 6.07) is 6.48. The lowest BCUT2D eigenvalue weighted by Crippen LogP contribution is -2.03. The maximum Gasteiger partial charge on any atom is 0.124 e. The summed E-state index contributed by atoms with van der Waals surface area (Å²) in [6.45, 7) is 0. The van der Waals surface area contributed by atoms with E-state index in [1.165, 1.54) is 12.1 Å². The summed E-state index contributed by atoms with van der Waals surface area (Å²) in [4.78, 5) is 4.63. The van der Waals surface area contributed by atoms with E-state index in [0.717, 1.165) is 18.5 Å². The molecular weight excluding hydrogens is 251 g/mol. The average molecular weight is 264 g/mol. The molecule has 5 heteroatoms. The molecule has 18 heavy (non-hydrogen) atoms. The van der Waals surface area contributed by atoms with Crippen LogP contribution in [-0.2, 0) is 16.6 Å². The van der Waals surface area contributed by atoms with E-state index in [-0.39, 0.29) is 5.82 Å². The van der Waals surface area contributed by atoms with Crippen LogP contribution in [0.3, 0.4) is 0 Å². The van der Waals surface area contributed by atoms with Crippen LogP contribution in [0.2, 0.25) is 0 Å². The first-order valence-corrected chi connectivity index (χ1v) is 7.20. The number of halogens is 1. The van der Waals surface area contributed by atoms with Gasteiger partial charge >= 0.3 is 0 Å². The molecule has 0 radical (unpaired) electrons. The molecule has 1 unspecified atom stereocenters. The molecule has 0 saturated heterocycles. The summed E-state index contributed by atoms with van der Waals surface area (Å²) < 4.78 is 27.3. The number of imidazole rings is 1. The van der Waals surface area contributed by atoms with Gasteiger partial charge in [-0.2, -0.15) is 0 Å². The van der Waals surface area contributed by atoms with Gasteiger partial charge in [0.05, 0.1) is 28.6 Å². The largest absolute Gasteiger partial charge is 0.331 e. The Labute approximate surface area is 107 Å². The fraction of sp³-hybridized carbons (Fsp3) is 0.308. The maximum absolute atomic E-state index is 13.1. The first-order chi connectivity index (χ1) is 8.74. The summed E-state index contributed by atoms with van der Waals surface area (Å²) in [5.74, 6) is 0.0384. The second-order valence-corrected chi connectivity index (χ2v) is 5.92. The topological polar surface area (TPSA) is 34.9 Å². The van der Waals surface area contributed by atoms with Gasteiger partial charge in [0.25, 0.3) is 0 Å². The second kappa shape index (κ2) is 4.65. The molecule has 1 aromatic heterocycles. The molecule has 0 aliphatic heterocycles. The predicted molar refractivity (Wildman–Crippen MR) is 67.0 cm³/mol. The van der Waals surface area contributed by atoms with Gasteiger partial charge in [0, 0.05) is 17.1 Å². The van der Waals surface area contributed by atoms with E-state index in [4.69, 9.17) is 0 Å². The van der Waals surface area contributed by atoms with Gasteiger partial charge in [0.15, 0.2) is 0 Å². The Morgan fingerprint density at radius 1 is 1.44 bits per heavy atom. The van der Waals surface area contributed by atoms with Crippen LogP contribution in [0.25, 0.3) is 0 Å². The SMILES string of the molecule is O=S(Cc1cncn1C1CC1)c1cccc(F)c1. The van der Waals surface area contributed by atoms with Gasteiger partial charge in [-0.3, -0.25) is 4.21 Å². The van der Waals surface area contributed by atoms with Crippen LogP contribution >= 0.6 is 0 Å².